The second-order valence-electron chi connectivity index (χ2n) is 4.46. The van der Waals surface area contributed by atoms with E-state index in [1.54, 1.807) is 38.5 Å². The zero-order chi connectivity index (χ0) is 8.81. The normalized spacial score (nSPS) is 27.9. The lowest BCUT2D eigenvalue weighted by atomic mass is 9.71. The van der Waals surface area contributed by atoms with Crippen LogP contribution in [-0.4, -0.2) is 0 Å². The van der Waals surface area contributed by atoms with Crippen LogP contribution in [0, 0.1) is 11.8 Å². The van der Waals surface area contributed by atoms with Crippen LogP contribution in [0.4, 0.5) is 0 Å². The summed E-state index contributed by atoms with van der Waals surface area (Å²) in [5.41, 5.74) is 0. The Balaban J connectivity index is 0. The molecule has 0 aromatic rings. The number of hydrogen-bond donors (Lipinski definition) is 0. The lowest BCUT2D eigenvalue weighted by molar-refractivity contribution is 0.176. The predicted octanol–water partition coefficient (Wildman–Crippen LogP) is 5.55. The molecule has 3 saturated carbocycles. The molecule has 0 atom stereocenters. The van der Waals surface area contributed by atoms with Crippen molar-refractivity contribution in [1.29, 1.82) is 0 Å². The summed E-state index contributed by atoms with van der Waals surface area (Å²) in [5.74, 6) is 2.31. The van der Waals surface area contributed by atoms with Crippen LogP contribution in [0.15, 0.2) is 0 Å². The van der Waals surface area contributed by atoms with E-state index in [1.807, 2.05) is 0 Å². The molecule has 3 aliphatic carbocycles. The van der Waals surface area contributed by atoms with E-state index in [2.05, 4.69) is 13.8 Å². The van der Waals surface area contributed by atoms with Crippen LogP contribution in [0.1, 0.15) is 65.2 Å². The summed E-state index contributed by atoms with van der Waals surface area (Å²) in [4.78, 5) is 0. The van der Waals surface area contributed by atoms with Gasteiger partial charge in [0.15, 0.2) is 0 Å². The second-order valence-corrected chi connectivity index (χ2v) is 4.46. The van der Waals surface area contributed by atoms with Gasteiger partial charge in [-0.15, -0.1) is 34.0 Å². The van der Waals surface area contributed by atoms with Gasteiger partial charge in [-0.1, -0.05) is 65.2 Å². The summed E-state index contributed by atoms with van der Waals surface area (Å²) in [7, 11) is 0. The van der Waals surface area contributed by atoms with Gasteiger partial charge >= 0.3 is 0 Å². The third-order valence-electron chi connectivity index (χ3n) is 3.45. The van der Waals surface area contributed by atoms with Gasteiger partial charge in [0.25, 0.3) is 0 Å². The van der Waals surface area contributed by atoms with Crippen LogP contribution in [0.25, 0.3) is 0 Å². The quantitative estimate of drug-likeness (QED) is 0.591. The van der Waals surface area contributed by atoms with Crippen LogP contribution in [0.3, 0.4) is 0 Å². The van der Waals surface area contributed by atoms with Crippen molar-refractivity contribution in [3.8, 4) is 0 Å². The van der Waals surface area contributed by atoms with Crippen LogP contribution < -0.4 is 0 Å². The summed E-state index contributed by atoms with van der Waals surface area (Å²) in [5, 5.41) is 0. The van der Waals surface area contributed by atoms with Gasteiger partial charge in [-0.2, -0.15) is 0 Å². The Morgan fingerprint density at radius 1 is 0.643 bits per heavy atom. The number of halogens is 2. The zero-order valence-electron chi connectivity index (χ0n) is 9.63. The van der Waals surface area contributed by atoms with Crippen molar-refractivity contribution in [1.82, 2.24) is 0 Å². The SMILES string of the molecule is Br.Br.C1CC2CCC1CC2.CCCC. The highest BCUT2D eigenvalue weighted by atomic mass is 79.9. The first kappa shape index (κ1) is 17.4. The van der Waals surface area contributed by atoms with E-state index in [4.69, 9.17) is 0 Å². The molecule has 0 nitrogen and oxygen atoms in total. The third kappa shape index (κ3) is 6.44. The highest BCUT2D eigenvalue weighted by Crippen LogP contribution is 2.40. The predicted molar refractivity (Wildman–Crippen MR) is 75.9 cm³/mol. The first-order valence-electron chi connectivity index (χ1n) is 5.86. The minimum absolute atomic E-state index is 0. The van der Waals surface area contributed by atoms with Crippen molar-refractivity contribution in [2.45, 2.75) is 65.2 Å². The largest absolute Gasteiger partial charge is 0.114 e. The Morgan fingerprint density at radius 2 is 0.857 bits per heavy atom. The van der Waals surface area contributed by atoms with Crippen molar-refractivity contribution < 1.29 is 0 Å². The Bertz CT molecular complexity index is 81.9. The first-order valence-corrected chi connectivity index (χ1v) is 5.86. The lowest BCUT2D eigenvalue weighted by Gasteiger charge is -2.35. The van der Waals surface area contributed by atoms with Crippen LogP contribution in [-0.2, 0) is 0 Å². The molecule has 14 heavy (non-hydrogen) atoms. The number of fused-ring (bicyclic) bond motifs is 3. The van der Waals surface area contributed by atoms with Crippen molar-refractivity contribution in [3.05, 3.63) is 0 Å². The lowest BCUT2D eigenvalue weighted by Crippen LogP contribution is -2.21. The molecule has 88 valence electrons. The Kier molecular flexibility index (Phi) is 13.0. The average Bonchev–Trinajstić information content (AvgIpc) is 2.21. The fourth-order valence-electron chi connectivity index (χ4n) is 2.28. The molecule has 0 heterocycles. The van der Waals surface area contributed by atoms with Gasteiger partial charge in [0.05, 0.1) is 0 Å². The van der Waals surface area contributed by atoms with Crippen molar-refractivity contribution >= 4 is 34.0 Å². The highest BCUT2D eigenvalue weighted by Gasteiger charge is 2.26. The van der Waals surface area contributed by atoms with E-state index >= 15 is 0 Å². The fraction of sp³-hybridized carbons (Fsp3) is 1.00. The van der Waals surface area contributed by atoms with Gasteiger partial charge in [0, 0.05) is 0 Å². The maximum absolute atomic E-state index is 2.18. The Hall–Kier alpha value is 0.960. The molecule has 0 unspecified atom stereocenters. The smallest absolute Gasteiger partial charge is 0.0414 e. The van der Waals surface area contributed by atoms with Gasteiger partial charge in [-0.25, -0.2) is 0 Å². The van der Waals surface area contributed by atoms with Crippen LogP contribution in [0.2, 0.25) is 0 Å². The fourth-order valence-corrected chi connectivity index (χ4v) is 2.28. The molecule has 2 heteroatoms. The summed E-state index contributed by atoms with van der Waals surface area (Å²) in [6, 6.07) is 0. The first-order chi connectivity index (χ1) is 5.86. The molecular formula is C12H26Br2. The molecule has 0 radical (unpaired) electrons. The Morgan fingerprint density at radius 3 is 0.929 bits per heavy atom. The molecule has 0 N–H and O–H groups in total. The zero-order valence-corrected chi connectivity index (χ0v) is 13.1. The van der Waals surface area contributed by atoms with Gasteiger partial charge in [0.1, 0.15) is 0 Å². The highest BCUT2D eigenvalue weighted by molar-refractivity contribution is 8.93. The molecule has 0 aromatic heterocycles. The van der Waals surface area contributed by atoms with E-state index in [9.17, 15) is 0 Å². The molecule has 2 bridgehead atoms. The van der Waals surface area contributed by atoms with Crippen molar-refractivity contribution in [2.24, 2.45) is 11.8 Å². The van der Waals surface area contributed by atoms with E-state index in [-0.39, 0.29) is 34.0 Å². The van der Waals surface area contributed by atoms with Crippen LogP contribution >= 0.6 is 34.0 Å². The number of rotatable bonds is 1. The summed E-state index contributed by atoms with van der Waals surface area (Å²) in [6.45, 7) is 4.36. The summed E-state index contributed by atoms with van der Waals surface area (Å²) >= 11 is 0. The number of hydrogen-bond acceptors (Lipinski definition) is 0. The topological polar surface area (TPSA) is 0 Å². The average molecular weight is 330 g/mol. The van der Waals surface area contributed by atoms with Gasteiger partial charge in [-0.3, -0.25) is 0 Å². The monoisotopic (exact) mass is 328 g/mol. The van der Waals surface area contributed by atoms with Gasteiger partial charge in [-0.05, 0) is 11.8 Å². The van der Waals surface area contributed by atoms with Crippen molar-refractivity contribution in [3.63, 3.8) is 0 Å². The summed E-state index contributed by atoms with van der Waals surface area (Å²) < 4.78 is 0. The molecule has 3 aliphatic rings. The minimum Gasteiger partial charge on any atom is -0.114 e. The maximum Gasteiger partial charge on any atom is -0.0414 e. The third-order valence-corrected chi connectivity index (χ3v) is 3.45. The minimum atomic E-state index is 0. The van der Waals surface area contributed by atoms with Crippen molar-refractivity contribution in [2.75, 3.05) is 0 Å². The molecule has 0 spiro atoms. The molecule has 3 rings (SSSR count). The molecule has 0 amide bonds. The second kappa shape index (κ2) is 10.5. The molecule has 0 aliphatic heterocycles. The van der Waals surface area contributed by atoms with Crippen LogP contribution in [0.5, 0.6) is 0 Å². The Labute approximate surface area is 111 Å². The standard InChI is InChI=1S/C8H14.C4H10.2BrH/c1-2-8-5-3-7(1)4-6-8;1-3-4-2;;/h7-8H,1-6H2;3-4H2,1-2H3;2*1H. The molecule has 3 fully saturated rings. The van der Waals surface area contributed by atoms with Gasteiger partial charge < -0.3 is 0 Å². The van der Waals surface area contributed by atoms with E-state index < -0.39 is 0 Å². The van der Waals surface area contributed by atoms with E-state index in [0.717, 1.165) is 11.8 Å². The molecule has 0 saturated heterocycles. The number of unbranched alkanes of at least 4 members (excludes halogenated alkanes) is 1. The molecule has 0 aromatic carbocycles. The van der Waals surface area contributed by atoms with E-state index in [0.29, 0.717) is 0 Å². The van der Waals surface area contributed by atoms with E-state index in [1.165, 1.54) is 12.8 Å². The van der Waals surface area contributed by atoms with Gasteiger partial charge in [0.2, 0.25) is 0 Å². The molecular weight excluding hydrogens is 304 g/mol. The summed E-state index contributed by atoms with van der Waals surface area (Å²) in [6.07, 6.45) is 12.0. The maximum atomic E-state index is 2.18.